The van der Waals surface area contributed by atoms with Gasteiger partial charge >= 0.3 is 0 Å². The molecule has 3 aromatic heterocycles. The first-order chi connectivity index (χ1) is 16.0. The minimum absolute atomic E-state index is 0.0232. The molecule has 0 aliphatic heterocycles. The maximum atomic E-state index is 14.6. The Morgan fingerprint density at radius 1 is 1.15 bits per heavy atom. The molecule has 1 aromatic carbocycles. The first kappa shape index (κ1) is 21.2. The number of nitrogens with one attached hydrogen (secondary N) is 1. The van der Waals surface area contributed by atoms with Crippen LogP contribution < -0.4 is 10.9 Å². The summed E-state index contributed by atoms with van der Waals surface area (Å²) >= 11 is 0. The average molecular weight is 445 g/mol. The standard InChI is InChI=1S/C25H24FN5O2/c1-15(17-4-5-17)31-14-18(6-8-25(31)32)22-12-28-13-23(29-22)24-10-21(30-33-24)19-7-3-16(11-27-2)9-20(19)26/h3,6-10,12-15,17,27H,4-5,11H2,1-2H3. The minimum Gasteiger partial charge on any atom is -0.354 e. The van der Waals surface area contributed by atoms with Crippen molar-refractivity contribution in [2.75, 3.05) is 7.05 Å². The fraction of sp³-hybridized carbons (Fsp3) is 0.280. The van der Waals surface area contributed by atoms with Crippen LogP contribution in [-0.2, 0) is 6.54 Å². The monoisotopic (exact) mass is 445 g/mol. The fourth-order valence-electron chi connectivity index (χ4n) is 4.01. The van der Waals surface area contributed by atoms with Crippen LogP contribution >= 0.6 is 0 Å². The molecule has 7 nitrogen and oxygen atoms in total. The van der Waals surface area contributed by atoms with E-state index < -0.39 is 0 Å². The maximum absolute atomic E-state index is 14.6. The summed E-state index contributed by atoms with van der Waals surface area (Å²) in [6, 6.07) is 10.1. The largest absolute Gasteiger partial charge is 0.354 e. The zero-order valence-corrected chi connectivity index (χ0v) is 18.5. The van der Waals surface area contributed by atoms with Gasteiger partial charge in [-0.2, -0.15) is 0 Å². The number of hydrogen-bond acceptors (Lipinski definition) is 6. The molecule has 8 heteroatoms. The molecule has 1 N–H and O–H groups in total. The molecule has 3 heterocycles. The SMILES string of the molecule is CNCc1ccc(-c2cc(-c3cncc(-c4ccc(=O)n(C(C)C5CC5)c4)n3)on2)c(F)c1. The molecule has 1 unspecified atom stereocenters. The van der Waals surface area contributed by atoms with E-state index in [2.05, 4.69) is 27.4 Å². The molecule has 1 fully saturated rings. The van der Waals surface area contributed by atoms with Crippen LogP contribution in [0, 0.1) is 11.7 Å². The van der Waals surface area contributed by atoms with E-state index in [0.29, 0.717) is 40.9 Å². The van der Waals surface area contributed by atoms with Gasteiger partial charge in [-0.1, -0.05) is 11.2 Å². The quantitative estimate of drug-likeness (QED) is 0.452. The van der Waals surface area contributed by atoms with E-state index in [-0.39, 0.29) is 17.4 Å². The predicted molar refractivity (Wildman–Crippen MR) is 123 cm³/mol. The van der Waals surface area contributed by atoms with Crippen molar-refractivity contribution in [1.82, 2.24) is 25.0 Å². The molecule has 0 spiro atoms. The Kier molecular flexibility index (Phi) is 5.60. The van der Waals surface area contributed by atoms with Crippen LogP contribution in [0.4, 0.5) is 4.39 Å². The van der Waals surface area contributed by atoms with Crippen LogP contribution in [0.2, 0.25) is 0 Å². The van der Waals surface area contributed by atoms with Gasteiger partial charge in [0, 0.05) is 42.0 Å². The number of halogens is 1. The molecule has 0 saturated heterocycles. The third kappa shape index (κ3) is 4.34. The van der Waals surface area contributed by atoms with Gasteiger partial charge in [0.2, 0.25) is 0 Å². The van der Waals surface area contributed by atoms with Gasteiger partial charge in [-0.05, 0) is 56.5 Å². The summed E-state index contributed by atoms with van der Waals surface area (Å²) < 4.78 is 21.8. The minimum atomic E-state index is -0.366. The van der Waals surface area contributed by atoms with Crippen molar-refractivity contribution >= 4 is 0 Å². The molecule has 1 aliphatic carbocycles. The summed E-state index contributed by atoms with van der Waals surface area (Å²) in [5.74, 6) is 0.572. The Morgan fingerprint density at radius 3 is 2.73 bits per heavy atom. The first-order valence-corrected chi connectivity index (χ1v) is 11.0. The molecule has 4 aromatic rings. The second kappa shape index (κ2) is 8.71. The number of aromatic nitrogens is 4. The Morgan fingerprint density at radius 2 is 1.97 bits per heavy atom. The molecule has 1 atom stereocenters. The average Bonchev–Trinajstić information content (AvgIpc) is 3.56. The topological polar surface area (TPSA) is 85.8 Å². The normalized spacial score (nSPS) is 14.4. The molecule has 0 bridgehead atoms. The molecule has 1 saturated carbocycles. The zero-order chi connectivity index (χ0) is 22.9. The Labute approximate surface area is 190 Å². The van der Waals surface area contributed by atoms with E-state index in [1.807, 2.05) is 19.3 Å². The van der Waals surface area contributed by atoms with Crippen molar-refractivity contribution in [3.05, 3.63) is 76.7 Å². The van der Waals surface area contributed by atoms with Crippen LogP contribution in [0.1, 0.15) is 31.4 Å². The second-order valence-corrected chi connectivity index (χ2v) is 8.45. The van der Waals surface area contributed by atoms with E-state index >= 15 is 0 Å². The molecular weight excluding hydrogens is 421 g/mol. The van der Waals surface area contributed by atoms with Crippen molar-refractivity contribution in [1.29, 1.82) is 0 Å². The van der Waals surface area contributed by atoms with E-state index in [0.717, 1.165) is 24.0 Å². The van der Waals surface area contributed by atoms with Crippen molar-refractivity contribution in [2.24, 2.45) is 5.92 Å². The lowest BCUT2D eigenvalue weighted by atomic mass is 10.1. The molecule has 33 heavy (non-hydrogen) atoms. The highest BCUT2D eigenvalue weighted by Crippen LogP contribution is 2.39. The summed E-state index contributed by atoms with van der Waals surface area (Å²) in [5, 5.41) is 7.03. The number of pyridine rings is 1. The molecule has 168 valence electrons. The van der Waals surface area contributed by atoms with Gasteiger partial charge in [-0.25, -0.2) is 9.37 Å². The van der Waals surface area contributed by atoms with Gasteiger partial charge in [-0.3, -0.25) is 9.78 Å². The van der Waals surface area contributed by atoms with Gasteiger partial charge in [-0.15, -0.1) is 0 Å². The van der Waals surface area contributed by atoms with Crippen molar-refractivity contribution in [3.63, 3.8) is 0 Å². The third-order valence-corrected chi connectivity index (χ3v) is 6.06. The fourth-order valence-corrected chi connectivity index (χ4v) is 4.01. The molecule has 0 radical (unpaired) electrons. The first-order valence-electron chi connectivity index (χ1n) is 11.0. The Hall–Kier alpha value is -3.65. The van der Waals surface area contributed by atoms with E-state index in [9.17, 15) is 9.18 Å². The molecule has 5 rings (SSSR count). The van der Waals surface area contributed by atoms with Crippen LogP contribution in [0.5, 0.6) is 0 Å². The summed E-state index contributed by atoms with van der Waals surface area (Å²) in [6.07, 6.45) is 7.36. The van der Waals surface area contributed by atoms with E-state index in [4.69, 9.17) is 4.52 Å². The number of nitrogens with zero attached hydrogens (tertiary/aromatic N) is 4. The number of rotatable bonds is 7. The summed E-state index contributed by atoms with van der Waals surface area (Å²) in [6.45, 7) is 2.65. The van der Waals surface area contributed by atoms with Crippen molar-refractivity contribution < 1.29 is 8.91 Å². The van der Waals surface area contributed by atoms with Crippen LogP contribution in [0.15, 0.2) is 64.3 Å². The highest BCUT2D eigenvalue weighted by Gasteiger charge is 2.29. The summed E-state index contributed by atoms with van der Waals surface area (Å²) in [7, 11) is 1.81. The van der Waals surface area contributed by atoms with Gasteiger partial charge in [0.25, 0.3) is 5.56 Å². The van der Waals surface area contributed by atoms with Gasteiger partial charge in [0.1, 0.15) is 17.2 Å². The second-order valence-electron chi connectivity index (χ2n) is 8.45. The van der Waals surface area contributed by atoms with E-state index in [1.54, 1.807) is 41.2 Å². The number of hydrogen-bond donors (Lipinski definition) is 1. The Balaban J connectivity index is 1.45. The predicted octanol–water partition coefficient (Wildman–Crippen LogP) is 4.46. The maximum Gasteiger partial charge on any atom is 0.250 e. The third-order valence-electron chi connectivity index (χ3n) is 6.06. The van der Waals surface area contributed by atoms with Crippen LogP contribution in [0.3, 0.4) is 0 Å². The number of benzene rings is 1. The molecule has 1 aliphatic rings. The smallest absolute Gasteiger partial charge is 0.250 e. The van der Waals surface area contributed by atoms with Crippen molar-refractivity contribution in [2.45, 2.75) is 32.4 Å². The van der Waals surface area contributed by atoms with Gasteiger partial charge in [0.05, 0.1) is 18.1 Å². The van der Waals surface area contributed by atoms with Crippen LogP contribution in [0.25, 0.3) is 34.0 Å². The van der Waals surface area contributed by atoms with Crippen LogP contribution in [-0.4, -0.2) is 26.7 Å². The highest BCUT2D eigenvalue weighted by molar-refractivity contribution is 5.67. The Bertz CT molecular complexity index is 1360. The van der Waals surface area contributed by atoms with Gasteiger partial charge in [0.15, 0.2) is 5.76 Å². The van der Waals surface area contributed by atoms with Gasteiger partial charge < -0.3 is 14.4 Å². The highest BCUT2D eigenvalue weighted by atomic mass is 19.1. The lowest BCUT2D eigenvalue weighted by molar-refractivity contribution is 0.433. The summed E-state index contributed by atoms with van der Waals surface area (Å²) in [5.41, 5.74) is 3.45. The lowest BCUT2D eigenvalue weighted by Crippen LogP contribution is -2.23. The lowest BCUT2D eigenvalue weighted by Gasteiger charge is -2.15. The van der Waals surface area contributed by atoms with Crippen molar-refractivity contribution in [3.8, 4) is 34.0 Å². The summed E-state index contributed by atoms with van der Waals surface area (Å²) in [4.78, 5) is 21.3. The molecule has 0 amide bonds. The van der Waals surface area contributed by atoms with E-state index in [1.165, 1.54) is 6.07 Å². The zero-order valence-electron chi connectivity index (χ0n) is 18.5. The molecular formula is C25H24FN5O2.